The van der Waals surface area contributed by atoms with E-state index in [0.717, 1.165) is 13.0 Å². The lowest BCUT2D eigenvalue weighted by Gasteiger charge is -2.29. The third kappa shape index (κ3) is 4.69. The van der Waals surface area contributed by atoms with E-state index in [1.54, 1.807) is 16.7 Å². The van der Waals surface area contributed by atoms with Crippen LogP contribution >= 0.6 is 11.8 Å². The Kier molecular flexibility index (Phi) is 6.13. The zero-order chi connectivity index (χ0) is 14.5. The first-order valence-electron chi connectivity index (χ1n) is 6.69. The molecule has 0 saturated carbocycles. The quantitative estimate of drug-likeness (QED) is 0.729. The molecule has 1 atom stereocenters. The fourth-order valence-corrected chi connectivity index (χ4v) is 3.04. The second-order valence-corrected chi connectivity index (χ2v) is 6.79. The number of hydrogen-bond donors (Lipinski definition) is 2. The van der Waals surface area contributed by atoms with Gasteiger partial charge in [0.25, 0.3) is 0 Å². The molecule has 1 fully saturated rings. The Morgan fingerprint density at radius 3 is 2.58 bits per heavy atom. The third-order valence-electron chi connectivity index (χ3n) is 2.99. The molecule has 0 aromatic rings. The molecule has 0 aromatic heterocycles. The molecule has 6 heteroatoms. The van der Waals surface area contributed by atoms with Crippen LogP contribution in [0.1, 0.15) is 27.2 Å². The molecule has 19 heavy (non-hydrogen) atoms. The first-order valence-corrected chi connectivity index (χ1v) is 7.84. The minimum Gasteiger partial charge on any atom is -0.354 e. The highest BCUT2D eigenvalue weighted by Gasteiger charge is 2.38. The van der Waals surface area contributed by atoms with Gasteiger partial charge in [-0.2, -0.15) is 0 Å². The molecule has 2 amide bonds. The van der Waals surface area contributed by atoms with Gasteiger partial charge in [0, 0.05) is 17.7 Å². The highest BCUT2D eigenvalue weighted by atomic mass is 32.2. The number of carbonyl (C=O) groups excluding carboxylic acids is 2. The van der Waals surface area contributed by atoms with Crippen molar-refractivity contribution in [2.45, 2.75) is 33.2 Å². The predicted molar refractivity (Wildman–Crippen MR) is 79.0 cm³/mol. The van der Waals surface area contributed by atoms with Gasteiger partial charge in [0.15, 0.2) is 0 Å². The summed E-state index contributed by atoms with van der Waals surface area (Å²) >= 11 is 1.64. The second kappa shape index (κ2) is 7.14. The minimum absolute atomic E-state index is 0.0290. The van der Waals surface area contributed by atoms with E-state index in [2.05, 4.69) is 10.6 Å². The standard InChI is InChI=1S/C13H25N3O2S/c1-13(2,3)12(18)16-9-19-8-10(16)11(17)15-7-5-6-14-4/h10,14H,5-9H2,1-4H3,(H,15,17). The minimum atomic E-state index is -0.435. The Labute approximate surface area is 119 Å². The van der Waals surface area contributed by atoms with Gasteiger partial charge in [-0.15, -0.1) is 11.8 Å². The van der Waals surface area contributed by atoms with Crippen LogP contribution < -0.4 is 10.6 Å². The van der Waals surface area contributed by atoms with Crippen molar-refractivity contribution < 1.29 is 9.59 Å². The summed E-state index contributed by atoms with van der Waals surface area (Å²) in [6.07, 6.45) is 0.898. The molecule has 1 saturated heterocycles. The molecule has 0 bridgehead atoms. The van der Waals surface area contributed by atoms with Crippen LogP contribution in [0.5, 0.6) is 0 Å². The average molecular weight is 287 g/mol. The van der Waals surface area contributed by atoms with Crippen LogP contribution in [0, 0.1) is 5.41 Å². The van der Waals surface area contributed by atoms with E-state index in [-0.39, 0.29) is 17.9 Å². The van der Waals surface area contributed by atoms with E-state index in [1.165, 1.54) is 0 Å². The number of nitrogens with zero attached hydrogens (tertiary/aromatic N) is 1. The van der Waals surface area contributed by atoms with Crippen molar-refractivity contribution in [3.05, 3.63) is 0 Å². The van der Waals surface area contributed by atoms with Crippen LogP contribution in [0.4, 0.5) is 0 Å². The molecule has 0 radical (unpaired) electrons. The lowest BCUT2D eigenvalue weighted by molar-refractivity contribution is -0.144. The lowest BCUT2D eigenvalue weighted by atomic mass is 9.94. The smallest absolute Gasteiger partial charge is 0.243 e. The number of carbonyl (C=O) groups is 2. The largest absolute Gasteiger partial charge is 0.354 e. The van der Waals surface area contributed by atoms with Crippen molar-refractivity contribution in [2.24, 2.45) is 5.41 Å². The van der Waals surface area contributed by atoms with Crippen molar-refractivity contribution in [3.8, 4) is 0 Å². The van der Waals surface area contributed by atoms with Crippen LogP contribution in [0.2, 0.25) is 0 Å². The SMILES string of the molecule is CNCCCNC(=O)C1CSCN1C(=O)C(C)(C)C. The van der Waals surface area contributed by atoms with Crippen molar-refractivity contribution >= 4 is 23.6 Å². The summed E-state index contributed by atoms with van der Waals surface area (Å²) in [6, 6.07) is -0.314. The van der Waals surface area contributed by atoms with E-state index >= 15 is 0 Å². The lowest BCUT2D eigenvalue weighted by Crippen LogP contribution is -2.50. The van der Waals surface area contributed by atoms with Crippen molar-refractivity contribution in [1.82, 2.24) is 15.5 Å². The predicted octanol–water partition coefficient (Wildman–Crippen LogP) is 0.660. The molecule has 0 spiro atoms. The Morgan fingerprint density at radius 2 is 2.00 bits per heavy atom. The molecule has 0 aliphatic carbocycles. The number of nitrogens with one attached hydrogen (secondary N) is 2. The van der Waals surface area contributed by atoms with Gasteiger partial charge in [-0.25, -0.2) is 0 Å². The maximum Gasteiger partial charge on any atom is 0.243 e. The highest BCUT2D eigenvalue weighted by Crippen LogP contribution is 2.27. The Bertz CT molecular complexity index is 328. The summed E-state index contributed by atoms with van der Waals surface area (Å²) in [6.45, 7) is 7.20. The van der Waals surface area contributed by atoms with E-state index in [4.69, 9.17) is 0 Å². The molecule has 1 aliphatic heterocycles. The number of amides is 2. The van der Waals surface area contributed by atoms with Gasteiger partial charge in [-0.3, -0.25) is 9.59 Å². The third-order valence-corrected chi connectivity index (χ3v) is 4.00. The van der Waals surface area contributed by atoms with E-state index < -0.39 is 5.41 Å². The Hall–Kier alpha value is -0.750. The van der Waals surface area contributed by atoms with Gasteiger partial charge in [-0.05, 0) is 20.0 Å². The van der Waals surface area contributed by atoms with Crippen LogP contribution in [0.25, 0.3) is 0 Å². The zero-order valence-electron chi connectivity index (χ0n) is 12.3. The monoisotopic (exact) mass is 287 g/mol. The Morgan fingerprint density at radius 1 is 1.32 bits per heavy atom. The molecule has 2 N–H and O–H groups in total. The molecule has 1 rings (SSSR count). The number of thioether (sulfide) groups is 1. The van der Waals surface area contributed by atoms with Crippen molar-refractivity contribution in [1.29, 1.82) is 0 Å². The fourth-order valence-electron chi connectivity index (χ4n) is 1.89. The first-order chi connectivity index (χ1) is 8.88. The Balaban J connectivity index is 2.51. The molecule has 1 heterocycles. The molecular formula is C13H25N3O2S. The fraction of sp³-hybridized carbons (Fsp3) is 0.846. The topological polar surface area (TPSA) is 61.4 Å². The second-order valence-electron chi connectivity index (χ2n) is 5.79. The van der Waals surface area contributed by atoms with Gasteiger partial charge in [-0.1, -0.05) is 20.8 Å². The molecular weight excluding hydrogens is 262 g/mol. The van der Waals surface area contributed by atoms with E-state index in [1.807, 2.05) is 27.8 Å². The van der Waals surface area contributed by atoms with E-state index in [0.29, 0.717) is 18.2 Å². The van der Waals surface area contributed by atoms with Crippen LogP contribution in [-0.2, 0) is 9.59 Å². The van der Waals surface area contributed by atoms with Gasteiger partial charge in [0.1, 0.15) is 6.04 Å². The molecule has 0 aromatic carbocycles. The van der Waals surface area contributed by atoms with Crippen LogP contribution in [-0.4, -0.2) is 54.5 Å². The number of hydrogen-bond acceptors (Lipinski definition) is 4. The van der Waals surface area contributed by atoms with Gasteiger partial charge < -0.3 is 15.5 Å². The van der Waals surface area contributed by atoms with Gasteiger partial charge >= 0.3 is 0 Å². The van der Waals surface area contributed by atoms with E-state index in [9.17, 15) is 9.59 Å². The van der Waals surface area contributed by atoms with Gasteiger partial charge in [0.05, 0.1) is 5.88 Å². The highest BCUT2D eigenvalue weighted by molar-refractivity contribution is 7.99. The summed E-state index contributed by atoms with van der Waals surface area (Å²) in [4.78, 5) is 26.1. The molecule has 1 unspecified atom stereocenters. The zero-order valence-corrected chi connectivity index (χ0v) is 13.1. The molecule has 110 valence electrons. The summed E-state index contributed by atoms with van der Waals surface area (Å²) < 4.78 is 0. The van der Waals surface area contributed by atoms with Gasteiger partial charge in [0.2, 0.25) is 11.8 Å². The molecule has 1 aliphatic rings. The first kappa shape index (κ1) is 16.3. The molecule has 5 nitrogen and oxygen atoms in total. The van der Waals surface area contributed by atoms with Crippen LogP contribution in [0.15, 0.2) is 0 Å². The normalized spacial score (nSPS) is 19.6. The van der Waals surface area contributed by atoms with Crippen LogP contribution in [0.3, 0.4) is 0 Å². The summed E-state index contributed by atoms with van der Waals surface area (Å²) in [5.41, 5.74) is -0.435. The average Bonchev–Trinajstić information content (AvgIpc) is 2.81. The summed E-state index contributed by atoms with van der Waals surface area (Å²) in [5, 5.41) is 5.95. The summed E-state index contributed by atoms with van der Waals surface area (Å²) in [7, 11) is 1.89. The summed E-state index contributed by atoms with van der Waals surface area (Å²) in [5.74, 6) is 1.33. The number of rotatable bonds is 5. The maximum absolute atomic E-state index is 12.3. The maximum atomic E-state index is 12.3. The van der Waals surface area contributed by atoms with Crippen molar-refractivity contribution in [2.75, 3.05) is 31.8 Å². The van der Waals surface area contributed by atoms with Crippen molar-refractivity contribution in [3.63, 3.8) is 0 Å².